The minimum absolute atomic E-state index is 0.175. The molecular weight excluding hydrogens is 314 g/mol. The van der Waals surface area contributed by atoms with Gasteiger partial charge in [-0.15, -0.1) is 10.2 Å². The van der Waals surface area contributed by atoms with Crippen LogP contribution >= 0.6 is 0 Å². The molecule has 0 spiro atoms. The maximum atomic E-state index is 9.73. The zero-order valence-corrected chi connectivity index (χ0v) is 15.1. The number of allylic oxidation sites excluding steroid dienone is 1. The summed E-state index contributed by atoms with van der Waals surface area (Å²) < 4.78 is 0. The van der Waals surface area contributed by atoms with Gasteiger partial charge in [0.1, 0.15) is 5.75 Å². The number of phenols is 1. The van der Waals surface area contributed by atoms with Crippen molar-refractivity contribution in [1.82, 2.24) is 15.5 Å². The SMILES string of the molecule is C=C(CC)C(=C)NC.CCNc1cc(-c2ccccc2O)nnc1N. The third-order valence-corrected chi connectivity index (χ3v) is 3.53. The van der Waals surface area contributed by atoms with Gasteiger partial charge in [0.15, 0.2) is 5.82 Å². The van der Waals surface area contributed by atoms with E-state index in [9.17, 15) is 5.11 Å². The van der Waals surface area contributed by atoms with Crippen molar-refractivity contribution in [3.05, 3.63) is 54.8 Å². The van der Waals surface area contributed by atoms with Crippen LogP contribution in [0.25, 0.3) is 11.3 Å². The van der Waals surface area contributed by atoms with E-state index in [1.807, 2.05) is 20.0 Å². The van der Waals surface area contributed by atoms with Gasteiger partial charge in [-0.25, -0.2) is 0 Å². The van der Waals surface area contributed by atoms with Crippen LogP contribution in [0.4, 0.5) is 11.5 Å². The maximum Gasteiger partial charge on any atom is 0.169 e. The molecule has 2 aromatic rings. The zero-order valence-electron chi connectivity index (χ0n) is 15.1. The highest BCUT2D eigenvalue weighted by atomic mass is 16.3. The Morgan fingerprint density at radius 3 is 2.40 bits per heavy atom. The Morgan fingerprint density at radius 1 is 1.20 bits per heavy atom. The van der Waals surface area contributed by atoms with Crippen molar-refractivity contribution in [1.29, 1.82) is 0 Å². The van der Waals surface area contributed by atoms with Crippen molar-refractivity contribution in [2.24, 2.45) is 0 Å². The van der Waals surface area contributed by atoms with Gasteiger partial charge in [0.05, 0.1) is 11.4 Å². The molecule has 0 radical (unpaired) electrons. The molecule has 5 N–H and O–H groups in total. The number of hydrogen-bond donors (Lipinski definition) is 4. The summed E-state index contributed by atoms with van der Waals surface area (Å²) in [6.07, 6.45) is 0.972. The van der Waals surface area contributed by atoms with Gasteiger partial charge in [0, 0.05) is 24.9 Å². The zero-order chi connectivity index (χ0) is 18.8. The molecule has 25 heavy (non-hydrogen) atoms. The van der Waals surface area contributed by atoms with Crippen LogP contribution in [0.5, 0.6) is 5.75 Å². The summed E-state index contributed by atoms with van der Waals surface area (Å²) in [5, 5.41) is 23.6. The first-order valence-electron chi connectivity index (χ1n) is 8.14. The fourth-order valence-corrected chi connectivity index (χ4v) is 1.95. The van der Waals surface area contributed by atoms with Gasteiger partial charge in [-0.05, 0) is 37.1 Å². The molecule has 1 aromatic carbocycles. The van der Waals surface area contributed by atoms with Crippen molar-refractivity contribution >= 4 is 11.5 Å². The lowest BCUT2D eigenvalue weighted by Gasteiger charge is -2.08. The van der Waals surface area contributed by atoms with E-state index in [4.69, 9.17) is 5.73 Å². The van der Waals surface area contributed by atoms with E-state index in [-0.39, 0.29) is 5.75 Å². The van der Waals surface area contributed by atoms with E-state index < -0.39 is 0 Å². The molecule has 0 saturated carbocycles. The number of aromatic hydroxyl groups is 1. The number of phenolic OH excluding ortho intramolecular Hbond substituents is 1. The third-order valence-electron chi connectivity index (χ3n) is 3.53. The van der Waals surface area contributed by atoms with Crippen LogP contribution in [-0.4, -0.2) is 28.9 Å². The van der Waals surface area contributed by atoms with Crippen LogP contribution in [0.2, 0.25) is 0 Å². The number of nitrogens with zero attached hydrogens (tertiary/aromatic N) is 2. The molecule has 0 atom stereocenters. The summed E-state index contributed by atoms with van der Waals surface area (Å²) >= 11 is 0. The van der Waals surface area contributed by atoms with E-state index in [0.29, 0.717) is 17.1 Å². The monoisotopic (exact) mass is 341 g/mol. The van der Waals surface area contributed by atoms with Gasteiger partial charge >= 0.3 is 0 Å². The summed E-state index contributed by atoms with van der Waals surface area (Å²) in [6, 6.07) is 8.77. The molecule has 0 fully saturated rings. The number of likely N-dealkylation sites (N-methyl/N-ethyl adjacent to an activating group) is 1. The van der Waals surface area contributed by atoms with Gasteiger partial charge in [-0.1, -0.05) is 32.2 Å². The minimum atomic E-state index is 0.175. The number of hydrogen-bond acceptors (Lipinski definition) is 6. The Labute approximate surface area is 149 Å². The first-order valence-corrected chi connectivity index (χ1v) is 8.14. The molecule has 0 bridgehead atoms. The molecule has 0 saturated heterocycles. The fraction of sp³-hybridized carbons (Fsp3) is 0.263. The lowest BCUT2D eigenvalue weighted by atomic mass is 10.1. The topological polar surface area (TPSA) is 96.1 Å². The quantitative estimate of drug-likeness (QED) is 0.600. The summed E-state index contributed by atoms with van der Waals surface area (Å²) in [5.41, 5.74) is 9.66. The number of para-hydroxylation sites is 1. The van der Waals surface area contributed by atoms with Gasteiger partial charge in [0.2, 0.25) is 0 Å². The van der Waals surface area contributed by atoms with E-state index >= 15 is 0 Å². The summed E-state index contributed by atoms with van der Waals surface area (Å²) in [5.74, 6) is 0.528. The van der Waals surface area contributed by atoms with Crippen LogP contribution < -0.4 is 16.4 Å². The number of anilines is 2. The van der Waals surface area contributed by atoms with Crippen LogP contribution in [-0.2, 0) is 0 Å². The molecule has 1 aromatic heterocycles. The Bertz CT molecular complexity index is 714. The van der Waals surface area contributed by atoms with Gasteiger partial charge < -0.3 is 21.5 Å². The van der Waals surface area contributed by atoms with E-state index in [1.54, 1.807) is 24.3 Å². The molecule has 0 aliphatic heterocycles. The van der Waals surface area contributed by atoms with Crippen molar-refractivity contribution < 1.29 is 5.11 Å². The Morgan fingerprint density at radius 2 is 1.88 bits per heavy atom. The molecular formula is C19H27N5O. The lowest BCUT2D eigenvalue weighted by molar-refractivity contribution is 0.477. The number of nitrogens with one attached hydrogen (secondary N) is 2. The molecule has 2 rings (SSSR count). The van der Waals surface area contributed by atoms with Gasteiger partial charge in [-0.3, -0.25) is 0 Å². The van der Waals surface area contributed by atoms with E-state index in [2.05, 4.69) is 40.9 Å². The van der Waals surface area contributed by atoms with E-state index in [0.717, 1.165) is 29.9 Å². The molecule has 6 heteroatoms. The molecule has 0 aliphatic rings. The smallest absolute Gasteiger partial charge is 0.169 e. The Kier molecular flexibility index (Phi) is 7.99. The summed E-state index contributed by atoms with van der Waals surface area (Å²) in [6.45, 7) is 12.3. The summed E-state index contributed by atoms with van der Waals surface area (Å²) in [4.78, 5) is 0. The average Bonchev–Trinajstić information content (AvgIpc) is 2.63. The molecule has 0 amide bonds. The van der Waals surface area contributed by atoms with Crippen LogP contribution in [0, 0.1) is 0 Å². The second-order valence-corrected chi connectivity index (χ2v) is 5.26. The Balaban J connectivity index is 0.000000333. The predicted octanol–water partition coefficient (Wildman–Crippen LogP) is 3.55. The Hall–Kier alpha value is -3.02. The normalized spacial score (nSPS) is 9.56. The number of nitrogens with two attached hydrogens (primary N) is 1. The van der Waals surface area contributed by atoms with Crippen molar-refractivity contribution in [2.75, 3.05) is 24.6 Å². The standard InChI is InChI=1S/C12H14N4O.C7H13N/c1-2-14-10-7-9(15-16-12(10)13)8-5-3-4-6-11(8)17;1-5-6(2)7(3)8-4/h3-7,17H,2H2,1H3,(H2,13,16)(H,14,15);8H,2-3,5H2,1,4H3. The van der Waals surface area contributed by atoms with Crippen molar-refractivity contribution in [3.63, 3.8) is 0 Å². The van der Waals surface area contributed by atoms with Crippen molar-refractivity contribution in [3.8, 4) is 17.0 Å². The first-order chi connectivity index (χ1) is 11.9. The largest absolute Gasteiger partial charge is 0.507 e. The fourth-order valence-electron chi connectivity index (χ4n) is 1.95. The second-order valence-electron chi connectivity index (χ2n) is 5.26. The van der Waals surface area contributed by atoms with Crippen LogP contribution in [0.1, 0.15) is 20.3 Å². The molecule has 134 valence electrons. The lowest BCUT2D eigenvalue weighted by Crippen LogP contribution is -2.05. The van der Waals surface area contributed by atoms with E-state index in [1.165, 1.54) is 0 Å². The number of rotatable bonds is 6. The highest BCUT2D eigenvalue weighted by molar-refractivity contribution is 5.73. The van der Waals surface area contributed by atoms with Crippen LogP contribution in [0.15, 0.2) is 54.8 Å². The summed E-state index contributed by atoms with van der Waals surface area (Å²) in [7, 11) is 1.85. The average molecular weight is 341 g/mol. The van der Waals surface area contributed by atoms with Gasteiger partial charge in [-0.2, -0.15) is 0 Å². The third kappa shape index (κ3) is 5.84. The highest BCUT2D eigenvalue weighted by Crippen LogP contribution is 2.29. The molecule has 6 nitrogen and oxygen atoms in total. The number of nitrogen functional groups attached to an aromatic ring is 1. The minimum Gasteiger partial charge on any atom is -0.507 e. The maximum absolute atomic E-state index is 9.73. The highest BCUT2D eigenvalue weighted by Gasteiger charge is 2.08. The first kappa shape index (κ1) is 20.0. The second kappa shape index (κ2) is 9.97. The molecule has 0 aliphatic carbocycles. The number of aromatic nitrogens is 2. The van der Waals surface area contributed by atoms with Crippen molar-refractivity contribution in [2.45, 2.75) is 20.3 Å². The molecule has 1 heterocycles. The number of benzene rings is 1. The van der Waals surface area contributed by atoms with Crippen LogP contribution in [0.3, 0.4) is 0 Å². The molecule has 0 unspecified atom stereocenters. The van der Waals surface area contributed by atoms with Gasteiger partial charge in [0.25, 0.3) is 0 Å². The predicted molar refractivity (Wildman–Crippen MR) is 105 cm³/mol.